The first-order valence-corrected chi connectivity index (χ1v) is 10.2. The first kappa shape index (κ1) is 19.0. The molecule has 2 aliphatic heterocycles. The Balaban J connectivity index is 1.75. The van der Waals surface area contributed by atoms with E-state index in [1.54, 1.807) is 0 Å². The fraction of sp³-hybridized carbons (Fsp3) is 0.333. The third kappa shape index (κ3) is 3.21. The van der Waals surface area contributed by atoms with Crippen molar-refractivity contribution in [3.05, 3.63) is 53.8 Å². The lowest BCUT2D eigenvalue weighted by Crippen LogP contribution is -2.42. The zero-order valence-corrected chi connectivity index (χ0v) is 15.6. The van der Waals surface area contributed by atoms with Crippen LogP contribution in [0.15, 0.2) is 36.4 Å². The van der Waals surface area contributed by atoms with Crippen LogP contribution >= 0.6 is 0 Å². The summed E-state index contributed by atoms with van der Waals surface area (Å²) in [5.41, 5.74) is -0.730. The van der Waals surface area contributed by atoms with Gasteiger partial charge in [-0.2, -0.15) is 8.42 Å². The minimum Gasteiger partial charge on any atom is -0.376 e. The highest BCUT2D eigenvalue weighted by Gasteiger charge is 2.43. The number of hydrogen-bond acceptors (Lipinski definition) is 4. The van der Waals surface area contributed by atoms with E-state index in [0.717, 1.165) is 41.2 Å². The number of ether oxygens (including phenoxy) is 1. The third-order valence-electron chi connectivity index (χ3n) is 4.73. The molecule has 0 amide bonds. The first-order chi connectivity index (χ1) is 13.4. The molecule has 0 spiro atoms. The molecule has 0 bridgehead atoms. The van der Waals surface area contributed by atoms with Crippen molar-refractivity contribution in [3.63, 3.8) is 0 Å². The van der Waals surface area contributed by atoms with E-state index in [-0.39, 0.29) is 24.0 Å². The van der Waals surface area contributed by atoms with E-state index in [1.807, 2.05) is 0 Å². The molecule has 0 radical (unpaired) electrons. The number of nitrogens with zero attached hydrogens (tertiary/aromatic N) is 2. The predicted molar refractivity (Wildman–Crippen MR) is 98.4 cm³/mol. The lowest BCUT2D eigenvalue weighted by atomic mass is 10.2. The van der Waals surface area contributed by atoms with Crippen molar-refractivity contribution in [3.8, 4) is 0 Å². The Kier molecular flexibility index (Phi) is 4.94. The molecule has 1 atom stereocenters. The van der Waals surface area contributed by atoms with Crippen molar-refractivity contribution < 1.29 is 26.3 Å². The molecule has 2 aromatic rings. The second kappa shape index (κ2) is 7.26. The van der Waals surface area contributed by atoms with E-state index in [2.05, 4.69) is 5.32 Å². The number of halogens is 3. The van der Waals surface area contributed by atoms with Crippen LogP contribution in [0.4, 0.5) is 30.2 Å². The minimum absolute atomic E-state index is 0.0277. The van der Waals surface area contributed by atoms with E-state index in [0.29, 0.717) is 23.9 Å². The van der Waals surface area contributed by atoms with Gasteiger partial charge in [0.15, 0.2) is 11.6 Å². The van der Waals surface area contributed by atoms with Gasteiger partial charge in [0.25, 0.3) is 0 Å². The number of fused-ring (bicyclic) bond motifs is 1. The fourth-order valence-corrected chi connectivity index (χ4v) is 5.17. The van der Waals surface area contributed by atoms with E-state index in [9.17, 15) is 21.6 Å². The van der Waals surface area contributed by atoms with Crippen molar-refractivity contribution >= 4 is 27.3 Å². The molecule has 2 aliphatic rings. The molecule has 2 heterocycles. The second-order valence-corrected chi connectivity index (χ2v) is 8.23. The van der Waals surface area contributed by atoms with Gasteiger partial charge in [-0.05, 0) is 30.7 Å². The predicted octanol–water partition coefficient (Wildman–Crippen LogP) is 2.69. The lowest BCUT2D eigenvalue weighted by molar-refractivity contribution is 0.0254. The van der Waals surface area contributed by atoms with E-state index in [1.165, 1.54) is 6.07 Å². The summed E-state index contributed by atoms with van der Waals surface area (Å²) in [5, 5.41) is 3.15. The smallest absolute Gasteiger partial charge is 0.331 e. The summed E-state index contributed by atoms with van der Waals surface area (Å²) in [6, 6.07) is 6.41. The number of anilines is 3. The van der Waals surface area contributed by atoms with Crippen molar-refractivity contribution in [1.29, 1.82) is 0 Å². The summed E-state index contributed by atoms with van der Waals surface area (Å²) in [5.74, 6) is -2.82. The Bertz CT molecular complexity index is 977. The van der Waals surface area contributed by atoms with Gasteiger partial charge >= 0.3 is 10.2 Å². The van der Waals surface area contributed by atoms with Crippen molar-refractivity contribution in [1.82, 2.24) is 5.32 Å². The molecule has 0 aliphatic carbocycles. The molecule has 150 valence electrons. The van der Waals surface area contributed by atoms with Gasteiger partial charge in [-0.3, -0.25) is 4.31 Å². The van der Waals surface area contributed by atoms with Gasteiger partial charge in [0.05, 0.1) is 24.1 Å². The zero-order valence-electron chi connectivity index (χ0n) is 14.7. The molecule has 1 N–H and O–H groups in total. The Morgan fingerprint density at radius 2 is 1.86 bits per heavy atom. The van der Waals surface area contributed by atoms with Crippen molar-refractivity contribution in [2.24, 2.45) is 0 Å². The molecule has 4 rings (SSSR count). The summed E-state index contributed by atoms with van der Waals surface area (Å²) < 4.78 is 76.1. The number of morpholine rings is 1. The molecule has 1 saturated heterocycles. The molecule has 1 fully saturated rings. The molecule has 0 saturated carbocycles. The second-order valence-electron chi connectivity index (χ2n) is 6.53. The van der Waals surface area contributed by atoms with Crippen LogP contribution < -0.4 is 13.9 Å². The van der Waals surface area contributed by atoms with Gasteiger partial charge in [0.2, 0.25) is 0 Å². The number of hydrogen-bond donors (Lipinski definition) is 1. The SMILES string of the molecule is O=S1(=O)N(CC[C@H]2CNCCO2)c2ccc(F)cc2N1c1c(F)cccc1F. The number of para-hydroxylation sites is 1. The van der Waals surface area contributed by atoms with Crippen LogP contribution in [0.5, 0.6) is 0 Å². The van der Waals surface area contributed by atoms with E-state index < -0.39 is 33.3 Å². The van der Waals surface area contributed by atoms with Crippen LogP contribution in [-0.4, -0.2) is 40.8 Å². The highest BCUT2D eigenvalue weighted by Crippen LogP contribution is 2.47. The fourth-order valence-electron chi connectivity index (χ4n) is 3.44. The summed E-state index contributed by atoms with van der Waals surface area (Å²) in [6.07, 6.45) is 0.184. The molecule has 28 heavy (non-hydrogen) atoms. The zero-order chi connectivity index (χ0) is 19.9. The quantitative estimate of drug-likeness (QED) is 0.837. The maximum Gasteiger partial charge on any atom is 0.331 e. The average Bonchev–Trinajstić information content (AvgIpc) is 2.87. The Labute approximate surface area is 160 Å². The third-order valence-corrected chi connectivity index (χ3v) is 6.51. The van der Waals surface area contributed by atoms with Gasteiger partial charge in [0, 0.05) is 25.7 Å². The molecule has 2 aromatic carbocycles. The van der Waals surface area contributed by atoms with Crippen LogP contribution in [0.2, 0.25) is 0 Å². The Hall–Kier alpha value is -2.30. The highest BCUT2D eigenvalue weighted by atomic mass is 32.2. The van der Waals surface area contributed by atoms with Crippen LogP contribution in [0, 0.1) is 17.5 Å². The van der Waals surface area contributed by atoms with Crippen LogP contribution in [0.25, 0.3) is 0 Å². The summed E-state index contributed by atoms with van der Waals surface area (Å²) in [4.78, 5) is 0. The lowest BCUT2D eigenvalue weighted by Gasteiger charge is -2.27. The topological polar surface area (TPSA) is 61.9 Å². The van der Waals surface area contributed by atoms with Gasteiger partial charge in [-0.15, -0.1) is 0 Å². The molecule has 0 aromatic heterocycles. The average molecular weight is 413 g/mol. The Morgan fingerprint density at radius 1 is 1.11 bits per heavy atom. The van der Waals surface area contributed by atoms with E-state index >= 15 is 0 Å². The standard InChI is InChI=1S/C18H18F3N3O3S/c19-12-4-5-16-17(10-12)24(18-14(20)2-1-3-15(18)21)28(25,26)23(16)8-6-13-11-22-7-9-27-13/h1-5,10,13,22H,6-9,11H2/t13-/m0/s1. The maximum atomic E-state index is 14.4. The van der Waals surface area contributed by atoms with Crippen molar-refractivity contribution in [2.45, 2.75) is 12.5 Å². The normalized spacial score (nSPS) is 21.0. The molecule has 0 unspecified atom stereocenters. The molecule has 6 nitrogen and oxygen atoms in total. The minimum atomic E-state index is -4.36. The van der Waals surface area contributed by atoms with Crippen LogP contribution in [0.3, 0.4) is 0 Å². The number of nitrogens with one attached hydrogen (secondary N) is 1. The van der Waals surface area contributed by atoms with Gasteiger partial charge in [-0.1, -0.05) is 6.07 Å². The van der Waals surface area contributed by atoms with Crippen LogP contribution in [0.1, 0.15) is 6.42 Å². The summed E-state index contributed by atoms with van der Waals surface area (Å²) >= 11 is 0. The molecular weight excluding hydrogens is 395 g/mol. The van der Waals surface area contributed by atoms with Crippen molar-refractivity contribution in [2.75, 3.05) is 34.9 Å². The number of rotatable bonds is 4. The largest absolute Gasteiger partial charge is 0.376 e. The van der Waals surface area contributed by atoms with E-state index in [4.69, 9.17) is 4.74 Å². The van der Waals surface area contributed by atoms with Gasteiger partial charge in [0.1, 0.15) is 11.5 Å². The molecular formula is C18H18F3N3O3S. The Morgan fingerprint density at radius 3 is 2.54 bits per heavy atom. The summed E-state index contributed by atoms with van der Waals surface area (Å²) in [6.45, 7) is 1.85. The molecule has 10 heteroatoms. The number of benzene rings is 2. The van der Waals surface area contributed by atoms with Gasteiger partial charge < -0.3 is 10.1 Å². The van der Waals surface area contributed by atoms with Crippen LogP contribution in [-0.2, 0) is 14.9 Å². The first-order valence-electron chi connectivity index (χ1n) is 8.78. The monoisotopic (exact) mass is 413 g/mol. The maximum absolute atomic E-state index is 14.4. The highest BCUT2D eigenvalue weighted by molar-refractivity contribution is 7.95. The summed E-state index contributed by atoms with van der Waals surface area (Å²) in [7, 11) is -4.36. The van der Waals surface area contributed by atoms with Gasteiger partial charge in [-0.25, -0.2) is 17.5 Å².